The monoisotopic (exact) mass is 465 g/mol. The van der Waals surface area contributed by atoms with Gasteiger partial charge in [0.2, 0.25) is 10.0 Å². The van der Waals surface area contributed by atoms with E-state index in [0.717, 1.165) is 5.56 Å². The van der Waals surface area contributed by atoms with E-state index in [1.54, 1.807) is 44.2 Å². The Labute approximate surface area is 194 Å². The number of hydrogen-bond acceptors (Lipinski definition) is 4. The third-order valence-corrected chi connectivity index (χ3v) is 7.18. The number of nitrogens with one attached hydrogen (secondary N) is 2. The minimum absolute atomic E-state index is 0.0457. The van der Waals surface area contributed by atoms with Crippen LogP contribution in [0.4, 0.5) is 11.4 Å². The van der Waals surface area contributed by atoms with Crippen LogP contribution in [0.2, 0.25) is 0 Å². The first-order valence-corrected chi connectivity index (χ1v) is 12.1. The van der Waals surface area contributed by atoms with Crippen LogP contribution in [0.1, 0.15) is 40.1 Å². The van der Waals surface area contributed by atoms with Crippen LogP contribution in [0, 0.1) is 6.92 Å². The number of nitrogens with zero attached hydrogens (tertiary/aromatic N) is 1. The summed E-state index contributed by atoms with van der Waals surface area (Å²) in [4.78, 5) is 25.8. The predicted octanol–water partition coefficient (Wildman–Crippen LogP) is 4.53. The summed E-state index contributed by atoms with van der Waals surface area (Å²) in [5.41, 5.74) is 2.45. The second-order valence-corrected chi connectivity index (χ2v) is 9.38. The Morgan fingerprint density at radius 2 is 1.52 bits per heavy atom. The molecule has 0 atom stereocenters. The van der Waals surface area contributed by atoms with Gasteiger partial charge in [-0.25, -0.2) is 8.42 Å². The second-order valence-electron chi connectivity index (χ2n) is 7.44. The van der Waals surface area contributed by atoms with Gasteiger partial charge >= 0.3 is 0 Å². The van der Waals surface area contributed by atoms with E-state index in [1.165, 1.54) is 28.6 Å². The molecule has 0 aliphatic carbocycles. The van der Waals surface area contributed by atoms with E-state index in [1.807, 2.05) is 25.1 Å². The molecule has 2 N–H and O–H groups in total. The van der Waals surface area contributed by atoms with Gasteiger partial charge in [0, 0.05) is 24.3 Å². The van der Waals surface area contributed by atoms with Crippen molar-refractivity contribution in [1.29, 1.82) is 0 Å². The van der Waals surface area contributed by atoms with Gasteiger partial charge in [-0.05, 0) is 55.0 Å². The molecule has 172 valence electrons. The Kier molecular flexibility index (Phi) is 7.63. The smallest absolute Gasteiger partial charge is 0.257 e. The van der Waals surface area contributed by atoms with E-state index in [9.17, 15) is 18.0 Å². The first kappa shape index (κ1) is 24.2. The average Bonchev–Trinajstić information content (AvgIpc) is 2.80. The molecular weight excluding hydrogens is 438 g/mol. The lowest BCUT2D eigenvalue weighted by Gasteiger charge is -2.18. The van der Waals surface area contributed by atoms with Gasteiger partial charge in [-0.3, -0.25) is 9.59 Å². The van der Waals surface area contributed by atoms with Crippen molar-refractivity contribution in [1.82, 2.24) is 4.31 Å². The lowest BCUT2D eigenvalue weighted by Crippen LogP contribution is -2.30. The Hall–Kier alpha value is -3.49. The summed E-state index contributed by atoms with van der Waals surface area (Å²) in [7, 11) is -3.70. The highest BCUT2D eigenvalue weighted by atomic mass is 32.2. The molecule has 7 nitrogen and oxygen atoms in total. The molecule has 0 radical (unpaired) electrons. The average molecular weight is 466 g/mol. The molecule has 2 amide bonds. The van der Waals surface area contributed by atoms with E-state index in [-0.39, 0.29) is 16.4 Å². The van der Waals surface area contributed by atoms with Crippen LogP contribution in [0.3, 0.4) is 0 Å². The maximum Gasteiger partial charge on any atom is 0.257 e. The van der Waals surface area contributed by atoms with Crippen molar-refractivity contribution in [3.05, 3.63) is 89.5 Å². The van der Waals surface area contributed by atoms with E-state index in [0.29, 0.717) is 30.0 Å². The van der Waals surface area contributed by atoms with E-state index in [2.05, 4.69) is 10.6 Å². The summed E-state index contributed by atoms with van der Waals surface area (Å²) in [6, 6.07) is 19.9. The Morgan fingerprint density at radius 1 is 0.818 bits per heavy atom. The fraction of sp³-hybridized carbons (Fsp3) is 0.200. The second kappa shape index (κ2) is 10.4. The topological polar surface area (TPSA) is 95.6 Å². The molecule has 0 spiro atoms. The summed E-state index contributed by atoms with van der Waals surface area (Å²) in [5, 5.41) is 5.56. The standard InChI is InChI=1S/C25H27N3O4S/c1-4-28(5-2)33(31,32)21-13-9-11-19(17-21)24(29)27-23-15-7-6-14-22(23)25(30)26-20-12-8-10-18(3)16-20/h6-17H,4-5H2,1-3H3,(H,26,30)(H,27,29). The zero-order chi connectivity index (χ0) is 24.0. The van der Waals surface area contributed by atoms with Crippen molar-refractivity contribution in [2.45, 2.75) is 25.7 Å². The van der Waals surface area contributed by atoms with E-state index in [4.69, 9.17) is 0 Å². The number of aryl methyl sites for hydroxylation is 1. The SMILES string of the molecule is CCN(CC)S(=O)(=O)c1cccc(C(=O)Nc2ccccc2C(=O)Nc2cccc(C)c2)c1. The van der Waals surface area contributed by atoms with Gasteiger partial charge < -0.3 is 10.6 Å². The number of hydrogen-bond donors (Lipinski definition) is 2. The normalized spacial score (nSPS) is 11.3. The van der Waals surface area contributed by atoms with Gasteiger partial charge in [0.15, 0.2) is 0 Å². The minimum Gasteiger partial charge on any atom is -0.322 e. The zero-order valence-corrected chi connectivity index (χ0v) is 19.6. The number of carbonyl (C=O) groups is 2. The maximum absolute atomic E-state index is 12.9. The van der Waals surface area contributed by atoms with Crippen LogP contribution >= 0.6 is 0 Å². The highest BCUT2D eigenvalue weighted by Crippen LogP contribution is 2.21. The van der Waals surface area contributed by atoms with Gasteiger partial charge in [0.1, 0.15) is 0 Å². The van der Waals surface area contributed by atoms with Crippen LogP contribution in [-0.2, 0) is 10.0 Å². The van der Waals surface area contributed by atoms with Gasteiger partial charge in [0.05, 0.1) is 16.1 Å². The van der Waals surface area contributed by atoms with E-state index >= 15 is 0 Å². The van der Waals surface area contributed by atoms with Crippen molar-refractivity contribution in [3.63, 3.8) is 0 Å². The van der Waals surface area contributed by atoms with Gasteiger partial charge in [0.25, 0.3) is 11.8 Å². The number of para-hydroxylation sites is 1. The van der Waals surface area contributed by atoms with Crippen molar-refractivity contribution in [3.8, 4) is 0 Å². The first-order chi connectivity index (χ1) is 15.8. The Balaban J connectivity index is 1.84. The number of benzene rings is 3. The minimum atomic E-state index is -3.70. The van der Waals surface area contributed by atoms with Crippen molar-refractivity contribution >= 4 is 33.2 Å². The number of rotatable bonds is 8. The fourth-order valence-electron chi connectivity index (χ4n) is 3.42. The van der Waals surface area contributed by atoms with Crippen LogP contribution in [0.25, 0.3) is 0 Å². The first-order valence-electron chi connectivity index (χ1n) is 10.6. The van der Waals surface area contributed by atoms with Crippen LogP contribution < -0.4 is 10.6 Å². The molecule has 3 aromatic carbocycles. The molecule has 0 saturated carbocycles. The van der Waals surface area contributed by atoms with Crippen molar-refractivity contribution < 1.29 is 18.0 Å². The lowest BCUT2D eigenvalue weighted by atomic mass is 10.1. The molecule has 0 unspecified atom stereocenters. The molecule has 8 heteroatoms. The fourth-order valence-corrected chi connectivity index (χ4v) is 4.92. The molecular formula is C25H27N3O4S. The maximum atomic E-state index is 12.9. The molecule has 0 aliphatic heterocycles. The Morgan fingerprint density at radius 3 is 2.21 bits per heavy atom. The van der Waals surface area contributed by atoms with Crippen molar-refractivity contribution in [2.24, 2.45) is 0 Å². The molecule has 0 saturated heterocycles. The van der Waals surface area contributed by atoms with E-state index < -0.39 is 15.9 Å². The zero-order valence-electron chi connectivity index (χ0n) is 18.8. The number of anilines is 2. The molecule has 0 heterocycles. The quantitative estimate of drug-likeness (QED) is 0.511. The summed E-state index contributed by atoms with van der Waals surface area (Å²) in [6.45, 7) is 6.11. The third-order valence-electron chi connectivity index (χ3n) is 5.14. The Bertz CT molecular complexity index is 1270. The van der Waals surface area contributed by atoms with Gasteiger partial charge in [-0.15, -0.1) is 0 Å². The summed E-state index contributed by atoms with van der Waals surface area (Å²) < 4.78 is 26.9. The molecule has 3 aromatic rings. The largest absolute Gasteiger partial charge is 0.322 e. The molecule has 0 bridgehead atoms. The lowest BCUT2D eigenvalue weighted by molar-refractivity contribution is 0.102. The molecule has 33 heavy (non-hydrogen) atoms. The van der Waals surface area contributed by atoms with Crippen LogP contribution in [0.15, 0.2) is 77.7 Å². The summed E-state index contributed by atoms with van der Waals surface area (Å²) >= 11 is 0. The highest BCUT2D eigenvalue weighted by Gasteiger charge is 2.23. The predicted molar refractivity (Wildman–Crippen MR) is 130 cm³/mol. The van der Waals surface area contributed by atoms with Crippen LogP contribution in [0.5, 0.6) is 0 Å². The summed E-state index contributed by atoms with van der Waals surface area (Å²) in [6.07, 6.45) is 0. The van der Waals surface area contributed by atoms with Gasteiger partial charge in [-0.1, -0.05) is 44.2 Å². The summed E-state index contributed by atoms with van der Waals surface area (Å²) in [5.74, 6) is -0.878. The van der Waals surface area contributed by atoms with Gasteiger partial charge in [-0.2, -0.15) is 4.31 Å². The number of carbonyl (C=O) groups excluding carboxylic acids is 2. The van der Waals surface area contributed by atoms with Crippen molar-refractivity contribution in [2.75, 3.05) is 23.7 Å². The van der Waals surface area contributed by atoms with Crippen LogP contribution in [-0.4, -0.2) is 37.6 Å². The molecule has 3 rings (SSSR count). The third kappa shape index (κ3) is 5.66. The highest BCUT2D eigenvalue weighted by molar-refractivity contribution is 7.89. The number of sulfonamides is 1. The molecule has 0 aromatic heterocycles. The number of amides is 2. The molecule has 0 aliphatic rings. The molecule has 0 fully saturated rings.